The summed E-state index contributed by atoms with van der Waals surface area (Å²) < 4.78 is 53.2. The number of carbonyl (C=O) groups is 2. The Morgan fingerprint density at radius 1 is 1.21 bits per heavy atom. The van der Waals surface area contributed by atoms with Gasteiger partial charge in [-0.15, -0.1) is 11.8 Å². The maximum atomic E-state index is 13.5. The number of fused-ring (bicyclic) bond motifs is 1. The number of aromatic nitrogens is 1. The maximum absolute atomic E-state index is 13.5. The number of likely N-dealkylation sites (tertiary alicyclic amines) is 1. The molecule has 2 N–H and O–H groups in total. The summed E-state index contributed by atoms with van der Waals surface area (Å²) in [7, 11) is 0. The van der Waals surface area contributed by atoms with Crippen LogP contribution in [0.25, 0.3) is 0 Å². The van der Waals surface area contributed by atoms with Gasteiger partial charge in [0.25, 0.3) is 11.5 Å². The minimum atomic E-state index is -4.54. The van der Waals surface area contributed by atoms with Gasteiger partial charge in [-0.25, -0.2) is 0 Å². The molecule has 42 heavy (non-hydrogen) atoms. The standard InChI is InChI=1S/C29H33ClF3N3O5S/c1-15-11-22(42-4)20(25(38)35-15)14-34-24(37)19-12-18(30)13-21-23(19)16(2)40-27(3,41-21)17-5-9-36(10-6-17)26(39)28(7-8-28)29(31,32)33/h11-13,16-17H,5-10,14H2,1-4H3,(H,34,37)(H,35,38). The van der Waals surface area contributed by atoms with Crippen LogP contribution in [0, 0.1) is 18.3 Å². The van der Waals surface area contributed by atoms with Crippen molar-refractivity contribution in [2.24, 2.45) is 11.3 Å². The Morgan fingerprint density at radius 2 is 1.88 bits per heavy atom. The van der Waals surface area contributed by atoms with Gasteiger partial charge in [0.15, 0.2) is 0 Å². The fourth-order valence-corrected chi connectivity index (χ4v) is 6.98. The number of H-pyrrole nitrogens is 1. The van der Waals surface area contributed by atoms with Gasteiger partial charge in [0.05, 0.1) is 11.7 Å². The summed E-state index contributed by atoms with van der Waals surface area (Å²) in [6.45, 7) is 5.69. The largest absolute Gasteiger partial charge is 0.462 e. The molecular weight excluding hydrogens is 595 g/mol. The first kappa shape index (κ1) is 30.7. The second-order valence-electron chi connectivity index (χ2n) is 11.4. The lowest BCUT2D eigenvalue weighted by Gasteiger charge is -2.47. The quantitative estimate of drug-likeness (QED) is 0.395. The van der Waals surface area contributed by atoms with Gasteiger partial charge in [0.2, 0.25) is 11.7 Å². The molecule has 1 aromatic carbocycles. The zero-order valence-corrected chi connectivity index (χ0v) is 25.3. The summed E-state index contributed by atoms with van der Waals surface area (Å²) in [6.07, 6.45) is -2.80. The number of hydrogen-bond acceptors (Lipinski definition) is 6. The normalized spacial score (nSPS) is 23.6. The number of thioether (sulfide) groups is 1. The summed E-state index contributed by atoms with van der Waals surface area (Å²) in [5.41, 5.74) is -0.582. The van der Waals surface area contributed by atoms with Crippen molar-refractivity contribution in [2.75, 3.05) is 19.3 Å². The summed E-state index contributed by atoms with van der Waals surface area (Å²) >= 11 is 7.82. The average Bonchev–Trinajstić information content (AvgIpc) is 3.73. The van der Waals surface area contributed by atoms with Crippen molar-refractivity contribution in [3.8, 4) is 5.75 Å². The molecule has 2 aliphatic heterocycles. The summed E-state index contributed by atoms with van der Waals surface area (Å²) in [6, 6.07) is 4.98. The SMILES string of the molecule is CSc1cc(C)[nH]c(=O)c1CNC(=O)c1cc(Cl)cc2c1C(C)OC(C)(C1CCN(C(=O)C3(C(F)(F)F)CC3)CC1)O2. The minimum absolute atomic E-state index is 0.00658. The number of aryl methyl sites for hydroxylation is 1. The third kappa shape index (κ3) is 5.53. The molecule has 3 aliphatic rings. The van der Waals surface area contributed by atoms with Crippen LogP contribution >= 0.6 is 23.4 Å². The predicted molar refractivity (Wildman–Crippen MR) is 152 cm³/mol. The van der Waals surface area contributed by atoms with Crippen molar-refractivity contribution >= 4 is 35.2 Å². The smallest absolute Gasteiger partial charge is 0.403 e. The highest BCUT2D eigenvalue weighted by atomic mass is 35.5. The second-order valence-corrected chi connectivity index (χ2v) is 12.7. The predicted octanol–water partition coefficient (Wildman–Crippen LogP) is 5.76. The number of benzene rings is 1. The lowest BCUT2D eigenvalue weighted by atomic mass is 9.86. The molecule has 2 unspecified atom stereocenters. The Morgan fingerprint density at radius 3 is 2.48 bits per heavy atom. The molecule has 2 atom stereocenters. The van der Waals surface area contributed by atoms with Crippen LogP contribution in [0.2, 0.25) is 5.02 Å². The number of piperidine rings is 1. The van der Waals surface area contributed by atoms with Gasteiger partial charge in [0.1, 0.15) is 11.2 Å². The Kier molecular flexibility index (Phi) is 8.12. The van der Waals surface area contributed by atoms with E-state index in [0.717, 1.165) is 10.6 Å². The fourth-order valence-electron chi connectivity index (χ4n) is 6.07. The van der Waals surface area contributed by atoms with Gasteiger partial charge in [-0.2, -0.15) is 13.2 Å². The molecule has 13 heteroatoms. The number of carbonyl (C=O) groups excluding carboxylic acids is 2. The second kappa shape index (κ2) is 11.1. The van der Waals surface area contributed by atoms with Crippen LogP contribution in [0.5, 0.6) is 5.75 Å². The van der Waals surface area contributed by atoms with Crippen LogP contribution in [0.15, 0.2) is 27.9 Å². The zero-order chi connectivity index (χ0) is 30.6. The van der Waals surface area contributed by atoms with E-state index in [0.29, 0.717) is 29.7 Å². The van der Waals surface area contributed by atoms with E-state index in [1.54, 1.807) is 26.8 Å². The molecule has 228 valence electrons. The Balaban J connectivity index is 1.31. The summed E-state index contributed by atoms with van der Waals surface area (Å²) in [5, 5.41) is 3.09. The van der Waals surface area contributed by atoms with Gasteiger partial charge in [-0.3, -0.25) is 14.4 Å². The molecule has 2 aromatic rings. The average molecular weight is 628 g/mol. The third-order valence-electron chi connectivity index (χ3n) is 8.58. The van der Waals surface area contributed by atoms with E-state index in [9.17, 15) is 27.6 Å². The number of halogens is 4. The van der Waals surface area contributed by atoms with Gasteiger partial charge >= 0.3 is 6.18 Å². The van der Waals surface area contributed by atoms with Crippen LogP contribution in [0.1, 0.15) is 72.8 Å². The third-order valence-corrected chi connectivity index (χ3v) is 9.60. The molecule has 0 spiro atoms. The highest BCUT2D eigenvalue weighted by molar-refractivity contribution is 7.98. The molecule has 1 saturated carbocycles. The number of aromatic amines is 1. The van der Waals surface area contributed by atoms with E-state index in [1.807, 2.05) is 12.3 Å². The number of ether oxygens (including phenoxy) is 2. The molecule has 2 fully saturated rings. The van der Waals surface area contributed by atoms with Crippen molar-refractivity contribution in [1.29, 1.82) is 0 Å². The minimum Gasteiger partial charge on any atom is -0.462 e. The van der Waals surface area contributed by atoms with Crippen LogP contribution in [0.4, 0.5) is 13.2 Å². The molecule has 0 bridgehead atoms. The number of pyridine rings is 1. The first-order valence-electron chi connectivity index (χ1n) is 13.8. The Labute approximate surface area is 250 Å². The molecule has 1 aliphatic carbocycles. The first-order valence-corrected chi connectivity index (χ1v) is 15.4. The van der Waals surface area contributed by atoms with Gasteiger partial charge in [-0.1, -0.05) is 11.6 Å². The van der Waals surface area contributed by atoms with Crippen LogP contribution in [0.3, 0.4) is 0 Å². The topological polar surface area (TPSA) is 101 Å². The van der Waals surface area contributed by atoms with Crippen molar-refractivity contribution < 1.29 is 32.2 Å². The molecule has 1 saturated heterocycles. The van der Waals surface area contributed by atoms with Crippen molar-refractivity contribution in [3.05, 3.63) is 56.0 Å². The molecule has 0 radical (unpaired) electrons. The number of hydrogen-bond donors (Lipinski definition) is 2. The lowest BCUT2D eigenvalue weighted by Crippen LogP contribution is -2.53. The molecule has 1 aromatic heterocycles. The fraction of sp³-hybridized carbons (Fsp3) is 0.552. The number of nitrogens with zero attached hydrogens (tertiary/aromatic N) is 1. The number of rotatable bonds is 6. The number of amides is 2. The van der Waals surface area contributed by atoms with Crippen LogP contribution in [-0.2, 0) is 16.1 Å². The lowest BCUT2D eigenvalue weighted by molar-refractivity contribution is -0.251. The zero-order valence-electron chi connectivity index (χ0n) is 23.7. The van der Waals surface area contributed by atoms with Gasteiger partial charge < -0.3 is 24.7 Å². The molecule has 8 nitrogen and oxygen atoms in total. The number of alkyl halides is 3. The highest BCUT2D eigenvalue weighted by Gasteiger charge is 2.69. The number of nitrogens with one attached hydrogen (secondary N) is 2. The Hall–Kier alpha value is -2.70. The van der Waals surface area contributed by atoms with Gasteiger partial charge in [0, 0.05) is 59.2 Å². The highest BCUT2D eigenvalue weighted by Crippen LogP contribution is 2.59. The van der Waals surface area contributed by atoms with Crippen molar-refractivity contribution in [3.63, 3.8) is 0 Å². The van der Waals surface area contributed by atoms with E-state index in [-0.39, 0.29) is 54.5 Å². The van der Waals surface area contributed by atoms with Crippen molar-refractivity contribution in [1.82, 2.24) is 15.2 Å². The molecule has 5 rings (SSSR count). The molecule has 3 heterocycles. The molecular formula is C29H33ClF3N3O5S. The van der Waals surface area contributed by atoms with Crippen molar-refractivity contribution in [2.45, 2.75) is 76.0 Å². The van der Waals surface area contributed by atoms with E-state index in [2.05, 4.69) is 10.3 Å². The van der Waals surface area contributed by atoms with E-state index in [1.165, 1.54) is 22.7 Å². The molecule has 2 amide bonds. The monoisotopic (exact) mass is 627 g/mol. The first-order chi connectivity index (χ1) is 19.7. The maximum Gasteiger partial charge on any atom is 0.403 e. The van der Waals surface area contributed by atoms with E-state index >= 15 is 0 Å². The summed E-state index contributed by atoms with van der Waals surface area (Å²) in [4.78, 5) is 43.5. The van der Waals surface area contributed by atoms with Crippen LogP contribution in [-0.4, -0.2) is 53.0 Å². The van der Waals surface area contributed by atoms with Gasteiger partial charge in [-0.05, 0) is 64.0 Å². The van der Waals surface area contributed by atoms with E-state index < -0.39 is 35.3 Å². The van der Waals surface area contributed by atoms with E-state index in [4.69, 9.17) is 21.1 Å². The Bertz CT molecular complexity index is 1470. The van der Waals surface area contributed by atoms with Crippen LogP contribution < -0.4 is 15.6 Å². The summed E-state index contributed by atoms with van der Waals surface area (Å²) in [5.74, 6) is -2.28.